The third-order valence-corrected chi connectivity index (χ3v) is 7.39. The van der Waals surface area contributed by atoms with E-state index in [9.17, 15) is 4.79 Å². The molecule has 31 heavy (non-hydrogen) atoms. The van der Waals surface area contributed by atoms with Gasteiger partial charge < -0.3 is 9.64 Å². The van der Waals surface area contributed by atoms with Crippen LogP contribution in [0, 0.1) is 0 Å². The van der Waals surface area contributed by atoms with Gasteiger partial charge in [0.2, 0.25) is 0 Å². The first-order valence-electron chi connectivity index (χ1n) is 10.3. The molecule has 0 atom stereocenters. The van der Waals surface area contributed by atoms with Gasteiger partial charge in [0.1, 0.15) is 10.6 Å². The van der Waals surface area contributed by atoms with E-state index >= 15 is 0 Å². The van der Waals surface area contributed by atoms with Gasteiger partial charge in [0.15, 0.2) is 5.16 Å². The van der Waals surface area contributed by atoms with E-state index in [0.29, 0.717) is 17.5 Å². The van der Waals surface area contributed by atoms with Crippen LogP contribution in [0.2, 0.25) is 0 Å². The molecule has 5 nitrogen and oxygen atoms in total. The van der Waals surface area contributed by atoms with Crippen LogP contribution in [0.3, 0.4) is 0 Å². The molecule has 0 amide bonds. The average Bonchev–Trinajstić information content (AvgIpc) is 3.15. The van der Waals surface area contributed by atoms with Crippen molar-refractivity contribution < 1.29 is 4.74 Å². The number of nitrogens with zero attached hydrogens (tertiary/aromatic N) is 3. The molecule has 1 aliphatic rings. The molecule has 2 aromatic heterocycles. The van der Waals surface area contributed by atoms with Crippen molar-refractivity contribution in [1.29, 1.82) is 0 Å². The van der Waals surface area contributed by atoms with Crippen LogP contribution in [0.25, 0.3) is 15.9 Å². The highest BCUT2D eigenvalue weighted by Crippen LogP contribution is 2.34. The van der Waals surface area contributed by atoms with Crippen LogP contribution in [-0.4, -0.2) is 40.4 Å². The highest BCUT2D eigenvalue weighted by Gasteiger charge is 2.24. The van der Waals surface area contributed by atoms with Crippen molar-refractivity contribution in [2.75, 3.05) is 26.0 Å². The first kappa shape index (κ1) is 20.3. The fraction of sp³-hybridized carbons (Fsp3) is 0.250. The number of aromatic nitrogens is 2. The van der Waals surface area contributed by atoms with Gasteiger partial charge in [0.25, 0.3) is 5.56 Å². The van der Waals surface area contributed by atoms with Gasteiger partial charge in [-0.2, -0.15) is 0 Å². The largest absolute Gasteiger partial charge is 0.493 e. The molecule has 7 heteroatoms. The van der Waals surface area contributed by atoms with E-state index in [4.69, 9.17) is 9.72 Å². The highest BCUT2D eigenvalue weighted by molar-refractivity contribution is 7.99. The van der Waals surface area contributed by atoms with Crippen molar-refractivity contribution in [2.45, 2.75) is 18.1 Å². The van der Waals surface area contributed by atoms with Crippen LogP contribution in [0.15, 0.2) is 70.6 Å². The topological polar surface area (TPSA) is 47.4 Å². The molecule has 0 fully saturated rings. The Hall–Kier alpha value is -2.61. The van der Waals surface area contributed by atoms with Crippen molar-refractivity contribution in [2.24, 2.45) is 0 Å². The zero-order valence-electron chi connectivity index (χ0n) is 17.3. The minimum absolute atomic E-state index is 0.0322. The lowest BCUT2D eigenvalue weighted by atomic mass is 10.1. The second-order valence-corrected chi connectivity index (χ2v) is 9.70. The molecule has 2 aromatic carbocycles. The number of benzene rings is 2. The van der Waals surface area contributed by atoms with Gasteiger partial charge in [-0.15, -0.1) is 11.3 Å². The Balaban J connectivity index is 1.51. The van der Waals surface area contributed by atoms with Gasteiger partial charge in [-0.05, 0) is 43.3 Å². The third-order valence-electron chi connectivity index (χ3n) is 5.38. The predicted molar refractivity (Wildman–Crippen MR) is 128 cm³/mol. The van der Waals surface area contributed by atoms with E-state index in [1.54, 1.807) is 27.7 Å². The molecular formula is C24H23N3O2S2. The lowest BCUT2D eigenvalue weighted by Crippen LogP contribution is -2.27. The second-order valence-electron chi connectivity index (χ2n) is 7.55. The molecule has 0 unspecified atom stereocenters. The standard InChI is InChI=1S/C24H23N3O2S2/c1-26-13-12-19-20(16-26)31-22-21(19)23(28)27(17-8-4-2-5-9-17)24(25-22)30-15-14-29-18-10-6-3-7-11-18/h2-11H,12-16H2,1H3. The molecule has 0 radical (unpaired) electrons. The Kier molecular flexibility index (Phi) is 5.80. The van der Waals surface area contributed by atoms with Gasteiger partial charge in [-0.3, -0.25) is 9.36 Å². The van der Waals surface area contributed by atoms with Gasteiger partial charge in [-0.25, -0.2) is 4.98 Å². The van der Waals surface area contributed by atoms with Crippen LogP contribution >= 0.6 is 23.1 Å². The summed E-state index contributed by atoms with van der Waals surface area (Å²) < 4.78 is 7.59. The molecule has 1 aliphatic heterocycles. The molecule has 0 N–H and O–H groups in total. The van der Waals surface area contributed by atoms with Crippen LogP contribution in [0.4, 0.5) is 0 Å². The maximum Gasteiger partial charge on any atom is 0.267 e. The average molecular weight is 450 g/mol. The summed E-state index contributed by atoms with van der Waals surface area (Å²) in [6.45, 7) is 2.40. The number of likely N-dealkylation sites (N-methyl/N-ethyl adjacent to an activating group) is 1. The summed E-state index contributed by atoms with van der Waals surface area (Å²) in [6.07, 6.45) is 0.898. The molecule has 5 rings (SSSR count). The number of hydrogen-bond donors (Lipinski definition) is 0. The lowest BCUT2D eigenvalue weighted by Gasteiger charge is -2.21. The first-order chi connectivity index (χ1) is 15.2. The van der Waals surface area contributed by atoms with Crippen LogP contribution < -0.4 is 10.3 Å². The van der Waals surface area contributed by atoms with E-state index < -0.39 is 0 Å². The number of thioether (sulfide) groups is 1. The SMILES string of the molecule is CN1CCc2c(sc3nc(SCCOc4ccccc4)n(-c4ccccc4)c(=O)c23)C1. The Morgan fingerprint density at radius 2 is 1.84 bits per heavy atom. The fourth-order valence-corrected chi connectivity index (χ4v) is 6.03. The molecule has 0 spiro atoms. The molecule has 0 bridgehead atoms. The Morgan fingerprint density at radius 1 is 1.10 bits per heavy atom. The number of hydrogen-bond acceptors (Lipinski definition) is 6. The summed E-state index contributed by atoms with van der Waals surface area (Å²) in [4.78, 5) is 23.1. The highest BCUT2D eigenvalue weighted by atomic mass is 32.2. The normalized spacial score (nSPS) is 14.0. The number of fused-ring (bicyclic) bond motifs is 3. The summed E-state index contributed by atoms with van der Waals surface area (Å²) in [7, 11) is 2.12. The summed E-state index contributed by atoms with van der Waals surface area (Å²) in [5, 5.41) is 1.51. The predicted octanol–water partition coefficient (Wildman–Crippen LogP) is 4.61. The summed E-state index contributed by atoms with van der Waals surface area (Å²) in [5.74, 6) is 1.55. The van der Waals surface area contributed by atoms with Gasteiger partial charge in [-0.1, -0.05) is 48.2 Å². The van der Waals surface area contributed by atoms with Crippen LogP contribution in [0.1, 0.15) is 10.4 Å². The molecule has 0 saturated heterocycles. The summed E-state index contributed by atoms with van der Waals surface area (Å²) in [5.41, 5.74) is 2.07. The van der Waals surface area contributed by atoms with Gasteiger partial charge >= 0.3 is 0 Å². The summed E-state index contributed by atoms with van der Waals surface area (Å²) in [6, 6.07) is 19.6. The number of rotatable bonds is 6. The zero-order chi connectivity index (χ0) is 21.2. The molecule has 0 saturated carbocycles. The number of para-hydroxylation sites is 2. The summed E-state index contributed by atoms with van der Waals surface area (Å²) >= 11 is 3.22. The van der Waals surface area contributed by atoms with E-state index in [-0.39, 0.29) is 5.56 Å². The van der Waals surface area contributed by atoms with E-state index in [1.807, 2.05) is 60.7 Å². The maximum atomic E-state index is 13.7. The Bertz CT molecular complexity index is 1250. The van der Waals surface area contributed by atoms with Crippen LogP contribution in [0.5, 0.6) is 5.75 Å². The van der Waals surface area contributed by atoms with E-state index in [1.165, 1.54) is 10.4 Å². The minimum Gasteiger partial charge on any atom is -0.493 e. The fourth-order valence-electron chi connectivity index (χ4n) is 3.86. The Labute approximate surface area is 189 Å². The minimum atomic E-state index is 0.0322. The van der Waals surface area contributed by atoms with E-state index in [2.05, 4.69) is 11.9 Å². The second kappa shape index (κ2) is 8.86. The smallest absolute Gasteiger partial charge is 0.267 e. The van der Waals surface area contributed by atoms with Crippen molar-refractivity contribution in [3.8, 4) is 11.4 Å². The van der Waals surface area contributed by atoms with Gasteiger partial charge in [0.05, 0.1) is 17.7 Å². The lowest BCUT2D eigenvalue weighted by molar-refractivity contribution is 0.318. The first-order valence-corrected chi connectivity index (χ1v) is 12.1. The van der Waals surface area contributed by atoms with Crippen LogP contribution in [-0.2, 0) is 13.0 Å². The quantitative estimate of drug-likeness (QED) is 0.244. The van der Waals surface area contributed by atoms with Crippen molar-refractivity contribution >= 4 is 33.3 Å². The maximum absolute atomic E-state index is 13.7. The zero-order valence-corrected chi connectivity index (χ0v) is 18.9. The monoisotopic (exact) mass is 449 g/mol. The van der Waals surface area contributed by atoms with Gasteiger partial charge in [0, 0.05) is 23.7 Å². The molecule has 0 aliphatic carbocycles. The number of ether oxygens (including phenoxy) is 1. The molecule has 158 valence electrons. The van der Waals surface area contributed by atoms with Crippen molar-refractivity contribution in [3.05, 3.63) is 81.5 Å². The molecule has 4 aromatic rings. The Morgan fingerprint density at radius 3 is 2.61 bits per heavy atom. The molecule has 3 heterocycles. The van der Waals surface area contributed by atoms with E-state index in [0.717, 1.165) is 41.2 Å². The van der Waals surface area contributed by atoms with Crippen molar-refractivity contribution in [3.63, 3.8) is 0 Å². The third kappa shape index (κ3) is 4.13. The molecular weight excluding hydrogens is 426 g/mol. The number of thiophene rings is 1. The van der Waals surface area contributed by atoms with Crippen molar-refractivity contribution in [1.82, 2.24) is 14.5 Å².